The summed E-state index contributed by atoms with van der Waals surface area (Å²) in [5.41, 5.74) is 5.55. The second-order valence-electron chi connectivity index (χ2n) is 4.18. The molecular formula is C13H18N2O3. The molecule has 18 heavy (non-hydrogen) atoms. The first kappa shape index (κ1) is 14.3. The van der Waals surface area contributed by atoms with Crippen molar-refractivity contribution in [1.82, 2.24) is 4.98 Å². The molecule has 5 nitrogen and oxygen atoms in total. The highest BCUT2D eigenvalue weighted by atomic mass is 16.3. The lowest BCUT2D eigenvalue weighted by Gasteiger charge is -2.05. The fourth-order valence-electron chi connectivity index (χ4n) is 1.61. The average molecular weight is 250 g/mol. The molecule has 3 N–H and O–H groups in total. The van der Waals surface area contributed by atoms with Gasteiger partial charge in [-0.15, -0.1) is 0 Å². The molecular weight excluding hydrogens is 232 g/mol. The number of Topliss-reactive ketones (excluding diaryl/α,β-unsaturated/α-hetero) is 1. The number of carbonyl (C=O) groups is 2. The number of unbranched alkanes of at least 4 members (excludes halogenated alkanes) is 2. The van der Waals surface area contributed by atoms with Gasteiger partial charge in [0, 0.05) is 24.4 Å². The number of hydrogen-bond acceptors (Lipinski definition) is 4. The Balaban J connectivity index is 2.15. The second-order valence-corrected chi connectivity index (χ2v) is 4.18. The van der Waals surface area contributed by atoms with Gasteiger partial charge < -0.3 is 10.8 Å². The molecule has 0 bridgehead atoms. The highest BCUT2D eigenvalue weighted by Crippen LogP contribution is 2.09. The number of pyridine rings is 1. The van der Waals surface area contributed by atoms with Crippen molar-refractivity contribution in [3.05, 3.63) is 30.1 Å². The number of ketones is 1. The predicted molar refractivity (Wildman–Crippen MR) is 66.9 cm³/mol. The lowest BCUT2D eigenvalue weighted by atomic mass is 10.0. The number of amides is 1. The van der Waals surface area contributed by atoms with E-state index in [9.17, 15) is 9.59 Å². The minimum atomic E-state index is -1.07. The summed E-state index contributed by atoms with van der Waals surface area (Å²) in [4.78, 5) is 26.1. The van der Waals surface area contributed by atoms with Gasteiger partial charge in [0.15, 0.2) is 5.78 Å². The smallest absolute Gasteiger partial charge is 0.246 e. The van der Waals surface area contributed by atoms with Crippen LogP contribution in [0, 0.1) is 0 Å². The third-order valence-electron chi connectivity index (χ3n) is 2.69. The van der Waals surface area contributed by atoms with E-state index in [1.165, 1.54) is 0 Å². The van der Waals surface area contributed by atoms with Crippen LogP contribution in [0.1, 0.15) is 42.5 Å². The molecule has 1 atom stereocenters. The molecule has 1 rings (SSSR count). The molecule has 98 valence electrons. The van der Waals surface area contributed by atoms with E-state index in [1.807, 2.05) is 0 Å². The topological polar surface area (TPSA) is 93.3 Å². The summed E-state index contributed by atoms with van der Waals surface area (Å²) in [5.74, 6) is -0.625. The molecule has 0 saturated carbocycles. The zero-order chi connectivity index (χ0) is 13.4. The third-order valence-corrected chi connectivity index (χ3v) is 2.69. The van der Waals surface area contributed by atoms with Crippen LogP contribution in [0.3, 0.4) is 0 Å². The van der Waals surface area contributed by atoms with Crippen molar-refractivity contribution in [2.24, 2.45) is 5.73 Å². The number of aromatic nitrogens is 1. The van der Waals surface area contributed by atoms with Crippen LogP contribution in [-0.2, 0) is 4.79 Å². The van der Waals surface area contributed by atoms with E-state index in [0.717, 1.165) is 12.8 Å². The molecule has 0 aromatic carbocycles. The maximum Gasteiger partial charge on any atom is 0.246 e. The average Bonchev–Trinajstić information content (AvgIpc) is 2.38. The van der Waals surface area contributed by atoms with Gasteiger partial charge in [0.2, 0.25) is 5.91 Å². The van der Waals surface area contributed by atoms with Gasteiger partial charge in [0.05, 0.1) is 0 Å². The minimum Gasteiger partial charge on any atom is -0.383 e. The van der Waals surface area contributed by atoms with Crippen molar-refractivity contribution in [1.29, 1.82) is 0 Å². The molecule has 0 aliphatic rings. The summed E-state index contributed by atoms with van der Waals surface area (Å²) in [7, 11) is 0. The normalized spacial score (nSPS) is 12.1. The Morgan fingerprint density at radius 2 is 2.11 bits per heavy atom. The van der Waals surface area contributed by atoms with E-state index in [-0.39, 0.29) is 5.78 Å². The minimum absolute atomic E-state index is 0.0681. The molecule has 5 heteroatoms. The van der Waals surface area contributed by atoms with Crippen LogP contribution in [0.25, 0.3) is 0 Å². The number of primary amides is 1. The van der Waals surface area contributed by atoms with Gasteiger partial charge in [0.1, 0.15) is 6.10 Å². The number of aliphatic hydroxyl groups excluding tert-OH is 1. The predicted octanol–water partition coefficient (Wildman–Crippen LogP) is 1.06. The van der Waals surface area contributed by atoms with Gasteiger partial charge >= 0.3 is 0 Å². The van der Waals surface area contributed by atoms with Crippen LogP contribution >= 0.6 is 0 Å². The summed E-state index contributed by atoms with van der Waals surface area (Å²) >= 11 is 0. The van der Waals surface area contributed by atoms with E-state index in [0.29, 0.717) is 24.8 Å². The van der Waals surface area contributed by atoms with Crippen molar-refractivity contribution in [3.63, 3.8) is 0 Å². The van der Waals surface area contributed by atoms with E-state index < -0.39 is 12.0 Å². The standard InChI is InChI=1S/C13H18N2O3/c14-13(18)12(17)7-3-1-2-6-11(16)10-5-4-8-15-9-10/h4-5,8-9,12,17H,1-3,6-7H2,(H2,14,18). The second kappa shape index (κ2) is 7.55. The van der Waals surface area contributed by atoms with Crippen molar-refractivity contribution in [2.45, 2.75) is 38.2 Å². The fourth-order valence-corrected chi connectivity index (χ4v) is 1.61. The molecule has 1 aromatic heterocycles. The van der Waals surface area contributed by atoms with Crippen LogP contribution in [0.2, 0.25) is 0 Å². The van der Waals surface area contributed by atoms with Gasteiger partial charge in [0.25, 0.3) is 0 Å². The van der Waals surface area contributed by atoms with Crippen LogP contribution in [0.4, 0.5) is 0 Å². The molecule has 0 fully saturated rings. The molecule has 1 aromatic rings. The lowest BCUT2D eigenvalue weighted by molar-refractivity contribution is -0.126. The van der Waals surface area contributed by atoms with Gasteiger partial charge in [-0.1, -0.05) is 12.8 Å². The largest absolute Gasteiger partial charge is 0.383 e. The summed E-state index contributed by atoms with van der Waals surface area (Å²) in [6.45, 7) is 0. The molecule has 1 unspecified atom stereocenters. The van der Waals surface area contributed by atoms with Crippen molar-refractivity contribution < 1.29 is 14.7 Å². The van der Waals surface area contributed by atoms with Crippen LogP contribution in [0.15, 0.2) is 24.5 Å². The summed E-state index contributed by atoms with van der Waals surface area (Å²) in [6.07, 6.45) is 5.13. The van der Waals surface area contributed by atoms with E-state index in [2.05, 4.69) is 4.98 Å². The Morgan fingerprint density at radius 1 is 1.33 bits per heavy atom. The Labute approximate surface area is 106 Å². The van der Waals surface area contributed by atoms with Gasteiger partial charge in [-0.3, -0.25) is 14.6 Å². The zero-order valence-electron chi connectivity index (χ0n) is 10.2. The molecule has 1 heterocycles. The number of aliphatic hydroxyl groups is 1. The van der Waals surface area contributed by atoms with Gasteiger partial charge in [-0.2, -0.15) is 0 Å². The molecule has 0 radical (unpaired) electrons. The first-order chi connectivity index (χ1) is 8.61. The number of nitrogens with two attached hydrogens (primary N) is 1. The monoisotopic (exact) mass is 250 g/mol. The number of rotatable bonds is 8. The zero-order valence-corrected chi connectivity index (χ0v) is 10.2. The maximum absolute atomic E-state index is 11.7. The molecule has 0 aliphatic heterocycles. The summed E-state index contributed by atoms with van der Waals surface area (Å²) < 4.78 is 0. The highest BCUT2D eigenvalue weighted by Gasteiger charge is 2.10. The molecule has 0 spiro atoms. The van der Waals surface area contributed by atoms with Crippen molar-refractivity contribution >= 4 is 11.7 Å². The third kappa shape index (κ3) is 5.05. The van der Waals surface area contributed by atoms with Crippen molar-refractivity contribution in [3.8, 4) is 0 Å². The molecule has 0 aliphatic carbocycles. The lowest BCUT2D eigenvalue weighted by Crippen LogP contribution is -2.27. The van der Waals surface area contributed by atoms with Crippen LogP contribution in [-0.4, -0.2) is 27.9 Å². The fraction of sp³-hybridized carbons (Fsp3) is 0.462. The summed E-state index contributed by atoms with van der Waals surface area (Å²) in [5, 5.41) is 9.16. The first-order valence-corrected chi connectivity index (χ1v) is 6.02. The Bertz CT molecular complexity index is 392. The Kier molecular flexibility index (Phi) is 6.00. The summed E-state index contributed by atoms with van der Waals surface area (Å²) in [6, 6.07) is 3.47. The SMILES string of the molecule is NC(=O)C(O)CCCCCC(=O)c1cccnc1. The van der Waals surface area contributed by atoms with Gasteiger partial charge in [-0.25, -0.2) is 0 Å². The van der Waals surface area contributed by atoms with E-state index in [4.69, 9.17) is 10.8 Å². The van der Waals surface area contributed by atoms with Crippen LogP contribution in [0.5, 0.6) is 0 Å². The first-order valence-electron chi connectivity index (χ1n) is 6.02. The Hall–Kier alpha value is -1.75. The van der Waals surface area contributed by atoms with E-state index >= 15 is 0 Å². The maximum atomic E-state index is 11.7. The molecule has 0 saturated heterocycles. The Morgan fingerprint density at radius 3 is 2.72 bits per heavy atom. The number of hydrogen-bond donors (Lipinski definition) is 2. The van der Waals surface area contributed by atoms with Gasteiger partial charge in [-0.05, 0) is 25.0 Å². The number of carbonyl (C=O) groups excluding carboxylic acids is 2. The molecule has 1 amide bonds. The van der Waals surface area contributed by atoms with Crippen molar-refractivity contribution in [2.75, 3.05) is 0 Å². The quantitative estimate of drug-likeness (QED) is 0.533. The highest BCUT2D eigenvalue weighted by molar-refractivity contribution is 5.95. The number of nitrogens with zero attached hydrogens (tertiary/aromatic N) is 1. The van der Waals surface area contributed by atoms with Crippen LogP contribution < -0.4 is 5.73 Å². The van der Waals surface area contributed by atoms with E-state index in [1.54, 1.807) is 24.5 Å².